The molecular weight excluding hydrogens is 354 g/mol. The van der Waals surface area contributed by atoms with Gasteiger partial charge >= 0.3 is 0 Å². The Kier molecular flexibility index (Phi) is 6.24. The third-order valence-electron chi connectivity index (χ3n) is 4.88. The maximum absolute atomic E-state index is 13.3. The Morgan fingerprint density at radius 2 is 1.78 bits per heavy atom. The predicted molar refractivity (Wildman–Crippen MR) is 115 cm³/mol. The topological polar surface area (TPSA) is 36.4 Å². The van der Waals surface area contributed by atoms with E-state index in [2.05, 4.69) is 37.8 Å². The van der Waals surface area contributed by atoms with Crippen LogP contribution in [0.1, 0.15) is 35.3 Å². The molecule has 3 rings (SSSR count). The largest absolute Gasteiger partial charge is 0.302 e. The van der Waals surface area contributed by atoms with Crippen LogP contribution in [0.5, 0.6) is 0 Å². The molecule has 0 saturated carbocycles. The van der Waals surface area contributed by atoms with E-state index in [1.165, 1.54) is 0 Å². The summed E-state index contributed by atoms with van der Waals surface area (Å²) in [5.74, 6) is 0.0163. The van der Waals surface area contributed by atoms with Gasteiger partial charge in [-0.25, -0.2) is 4.98 Å². The van der Waals surface area contributed by atoms with Crippen molar-refractivity contribution in [1.82, 2.24) is 9.88 Å². The minimum atomic E-state index is 0.0163. The molecule has 0 aliphatic heterocycles. The van der Waals surface area contributed by atoms with Gasteiger partial charge in [0.25, 0.3) is 5.91 Å². The molecule has 1 aromatic heterocycles. The van der Waals surface area contributed by atoms with E-state index in [0.717, 1.165) is 46.1 Å². The maximum Gasteiger partial charge on any atom is 0.260 e. The Bertz CT molecular complexity index is 930. The van der Waals surface area contributed by atoms with Crippen LogP contribution in [-0.2, 0) is 0 Å². The van der Waals surface area contributed by atoms with E-state index in [1.54, 1.807) is 11.3 Å². The number of thiazole rings is 1. The van der Waals surface area contributed by atoms with Crippen molar-refractivity contribution < 1.29 is 4.79 Å². The summed E-state index contributed by atoms with van der Waals surface area (Å²) >= 11 is 1.59. The van der Waals surface area contributed by atoms with Crippen molar-refractivity contribution in [2.24, 2.45) is 0 Å². The van der Waals surface area contributed by atoms with E-state index in [-0.39, 0.29) is 5.91 Å². The van der Waals surface area contributed by atoms with Crippen LogP contribution in [0.25, 0.3) is 10.2 Å². The van der Waals surface area contributed by atoms with Crippen molar-refractivity contribution in [3.8, 4) is 0 Å². The molecule has 1 amide bonds. The minimum Gasteiger partial charge on any atom is -0.302 e. The molecule has 0 bridgehead atoms. The van der Waals surface area contributed by atoms with Crippen LogP contribution < -0.4 is 4.90 Å². The number of hydrogen-bond donors (Lipinski definition) is 0. The number of para-hydroxylation sites is 1. The highest BCUT2D eigenvalue weighted by Gasteiger charge is 2.22. The van der Waals surface area contributed by atoms with Gasteiger partial charge in [-0.05, 0) is 50.7 Å². The summed E-state index contributed by atoms with van der Waals surface area (Å²) in [7, 11) is 0. The van der Waals surface area contributed by atoms with E-state index in [4.69, 9.17) is 4.98 Å². The van der Waals surface area contributed by atoms with Crippen LogP contribution in [0.4, 0.5) is 5.13 Å². The second-order valence-electron chi connectivity index (χ2n) is 6.77. The zero-order valence-corrected chi connectivity index (χ0v) is 17.3. The Morgan fingerprint density at radius 3 is 2.44 bits per heavy atom. The summed E-state index contributed by atoms with van der Waals surface area (Å²) < 4.78 is 1.12. The maximum atomic E-state index is 13.3. The van der Waals surface area contributed by atoms with E-state index < -0.39 is 0 Å². The lowest BCUT2D eigenvalue weighted by atomic mass is 10.1. The van der Waals surface area contributed by atoms with Crippen molar-refractivity contribution in [2.45, 2.75) is 27.7 Å². The highest BCUT2D eigenvalue weighted by Crippen LogP contribution is 2.31. The molecule has 4 nitrogen and oxygen atoms in total. The molecule has 2 aromatic carbocycles. The number of hydrogen-bond acceptors (Lipinski definition) is 4. The number of rotatable bonds is 7. The number of carbonyl (C=O) groups is 1. The van der Waals surface area contributed by atoms with Gasteiger partial charge in [-0.3, -0.25) is 9.69 Å². The van der Waals surface area contributed by atoms with E-state index in [9.17, 15) is 4.79 Å². The van der Waals surface area contributed by atoms with Crippen LogP contribution >= 0.6 is 11.3 Å². The fourth-order valence-corrected chi connectivity index (χ4v) is 4.26. The van der Waals surface area contributed by atoms with Gasteiger partial charge in [-0.1, -0.05) is 55.0 Å². The Hall–Kier alpha value is -2.24. The van der Waals surface area contributed by atoms with Crippen LogP contribution in [0, 0.1) is 13.8 Å². The van der Waals surface area contributed by atoms with Gasteiger partial charge < -0.3 is 4.90 Å². The zero-order chi connectivity index (χ0) is 19.4. The Labute approximate surface area is 165 Å². The fourth-order valence-electron chi connectivity index (χ4n) is 3.19. The normalized spacial score (nSPS) is 11.3. The molecule has 0 atom stereocenters. The summed E-state index contributed by atoms with van der Waals surface area (Å²) in [5, 5.41) is 0.776. The number of benzene rings is 2. The molecule has 27 heavy (non-hydrogen) atoms. The fraction of sp³-hybridized carbons (Fsp3) is 0.364. The molecule has 0 aliphatic carbocycles. The monoisotopic (exact) mass is 381 g/mol. The average molecular weight is 382 g/mol. The predicted octanol–water partition coefficient (Wildman–Crippen LogP) is 4.90. The third kappa shape index (κ3) is 4.37. The SMILES string of the molecule is CCN(CC)CCN(C(=O)c1cccc(C)c1)c1nc2c(C)cccc2s1. The minimum absolute atomic E-state index is 0.0163. The molecular formula is C22H27N3OS. The van der Waals surface area contributed by atoms with Gasteiger partial charge in [0.05, 0.1) is 10.2 Å². The molecule has 3 aromatic rings. The first-order valence-electron chi connectivity index (χ1n) is 9.50. The number of fused-ring (bicyclic) bond motifs is 1. The number of nitrogens with zero attached hydrogens (tertiary/aromatic N) is 3. The van der Waals surface area contributed by atoms with Crippen molar-refractivity contribution in [3.63, 3.8) is 0 Å². The van der Waals surface area contributed by atoms with E-state index >= 15 is 0 Å². The van der Waals surface area contributed by atoms with Crippen molar-refractivity contribution >= 4 is 32.6 Å². The van der Waals surface area contributed by atoms with Gasteiger partial charge in [0.15, 0.2) is 5.13 Å². The number of likely N-dealkylation sites (N-methyl/N-ethyl adjacent to an activating group) is 1. The molecule has 0 spiro atoms. The number of aryl methyl sites for hydroxylation is 2. The molecule has 0 radical (unpaired) electrons. The van der Waals surface area contributed by atoms with Crippen LogP contribution in [0.15, 0.2) is 42.5 Å². The number of aromatic nitrogens is 1. The number of amides is 1. The summed E-state index contributed by atoms with van der Waals surface area (Å²) in [6, 6.07) is 14.0. The number of anilines is 1. The highest BCUT2D eigenvalue weighted by molar-refractivity contribution is 7.22. The van der Waals surface area contributed by atoms with Crippen molar-refractivity contribution in [2.75, 3.05) is 31.1 Å². The van der Waals surface area contributed by atoms with E-state index in [0.29, 0.717) is 12.1 Å². The van der Waals surface area contributed by atoms with Crippen LogP contribution in [-0.4, -0.2) is 42.0 Å². The number of carbonyl (C=O) groups excluding carboxylic acids is 1. The van der Waals surface area contributed by atoms with Gasteiger partial charge in [0.1, 0.15) is 0 Å². The summed E-state index contributed by atoms with van der Waals surface area (Å²) in [4.78, 5) is 22.3. The molecule has 0 fully saturated rings. The Morgan fingerprint density at radius 1 is 1.04 bits per heavy atom. The van der Waals surface area contributed by atoms with Crippen molar-refractivity contribution in [3.05, 3.63) is 59.2 Å². The molecule has 0 saturated heterocycles. The first-order chi connectivity index (χ1) is 13.0. The average Bonchev–Trinajstić information content (AvgIpc) is 3.10. The van der Waals surface area contributed by atoms with Gasteiger partial charge in [0, 0.05) is 18.7 Å². The lowest BCUT2D eigenvalue weighted by Crippen LogP contribution is -2.38. The van der Waals surface area contributed by atoms with Gasteiger partial charge in [-0.2, -0.15) is 0 Å². The van der Waals surface area contributed by atoms with Crippen molar-refractivity contribution in [1.29, 1.82) is 0 Å². The first-order valence-corrected chi connectivity index (χ1v) is 10.3. The first kappa shape index (κ1) is 19.5. The third-order valence-corrected chi connectivity index (χ3v) is 5.93. The lowest BCUT2D eigenvalue weighted by molar-refractivity contribution is 0.0983. The molecule has 1 heterocycles. The molecule has 142 valence electrons. The van der Waals surface area contributed by atoms with Gasteiger partial charge in [0.2, 0.25) is 0 Å². The van der Waals surface area contributed by atoms with Crippen LogP contribution in [0.3, 0.4) is 0 Å². The molecule has 0 N–H and O–H groups in total. The summed E-state index contributed by atoms with van der Waals surface area (Å²) in [5.41, 5.74) is 3.93. The molecule has 5 heteroatoms. The smallest absolute Gasteiger partial charge is 0.260 e. The summed E-state index contributed by atoms with van der Waals surface area (Å²) in [6.45, 7) is 11.8. The second kappa shape index (κ2) is 8.63. The van der Waals surface area contributed by atoms with Gasteiger partial charge in [-0.15, -0.1) is 0 Å². The Balaban J connectivity index is 1.97. The lowest BCUT2D eigenvalue weighted by Gasteiger charge is -2.24. The quantitative estimate of drug-likeness (QED) is 0.584. The standard InChI is InChI=1S/C22H27N3OS/c1-5-24(6-2)13-14-25(21(26)18-11-7-9-16(3)15-18)22-23-20-17(4)10-8-12-19(20)27-22/h7-12,15H,5-6,13-14H2,1-4H3. The highest BCUT2D eigenvalue weighted by atomic mass is 32.1. The summed E-state index contributed by atoms with van der Waals surface area (Å²) in [6.07, 6.45) is 0. The molecule has 0 aliphatic rings. The zero-order valence-electron chi connectivity index (χ0n) is 16.5. The second-order valence-corrected chi connectivity index (χ2v) is 7.78. The van der Waals surface area contributed by atoms with Crippen LogP contribution in [0.2, 0.25) is 0 Å². The molecule has 0 unspecified atom stereocenters. The van der Waals surface area contributed by atoms with E-state index in [1.807, 2.05) is 42.2 Å².